The van der Waals surface area contributed by atoms with Crippen molar-refractivity contribution in [3.05, 3.63) is 41.5 Å². The molecule has 1 atom stereocenters. The van der Waals surface area contributed by atoms with Crippen LogP contribution in [0.15, 0.2) is 24.5 Å². The highest BCUT2D eigenvalue weighted by atomic mass is 16.5. The molecule has 1 N–H and O–H groups in total. The smallest absolute Gasteiger partial charge is 0.258 e. The molecule has 0 unspecified atom stereocenters. The van der Waals surface area contributed by atoms with E-state index in [1.54, 1.807) is 4.68 Å². The van der Waals surface area contributed by atoms with E-state index in [-0.39, 0.29) is 18.6 Å². The van der Waals surface area contributed by atoms with E-state index in [1.807, 2.05) is 46.0 Å². The Balaban J connectivity index is 1.92. The Labute approximate surface area is 130 Å². The van der Waals surface area contributed by atoms with Crippen LogP contribution in [-0.2, 0) is 11.8 Å². The van der Waals surface area contributed by atoms with Gasteiger partial charge in [-0.25, -0.2) is 4.98 Å². The second-order valence-electron chi connectivity index (χ2n) is 5.30. The third-order valence-electron chi connectivity index (χ3n) is 3.65. The first-order chi connectivity index (χ1) is 10.5. The summed E-state index contributed by atoms with van der Waals surface area (Å²) >= 11 is 0. The van der Waals surface area contributed by atoms with Gasteiger partial charge < -0.3 is 10.1 Å². The van der Waals surface area contributed by atoms with E-state index in [4.69, 9.17) is 4.74 Å². The van der Waals surface area contributed by atoms with Crippen molar-refractivity contribution in [2.24, 2.45) is 7.05 Å². The minimum atomic E-state index is -0.173. The van der Waals surface area contributed by atoms with E-state index in [2.05, 4.69) is 15.4 Å². The number of rotatable bonds is 6. The van der Waals surface area contributed by atoms with Crippen LogP contribution in [0.1, 0.15) is 36.3 Å². The van der Waals surface area contributed by atoms with Crippen LogP contribution in [0.4, 0.5) is 0 Å². The summed E-state index contributed by atoms with van der Waals surface area (Å²) in [6.07, 6.45) is 2.22. The zero-order valence-electron chi connectivity index (χ0n) is 13.5. The molecular formula is C16H22N4O2. The average Bonchev–Trinajstić information content (AvgIpc) is 2.92. The molecule has 0 saturated carbocycles. The molecule has 0 bridgehead atoms. The van der Waals surface area contributed by atoms with Crippen LogP contribution in [0.5, 0.6) is 5.75 Å². The minimum Gasteiger partial charge on any atom is -0.484 e. The van der Waals surface area contributed by atoms with Gasteiger partial charge in [-0.3, -0.25) is 9.48 Å². The molecule has 0 aliphatic carbocycles. The number of aromatic nitrogens is 3. The molecule has 118 valence electrons. The van der Waals surface area contributed by atoms with E-state index >= 15 is 0 Å². The number of aryl methyl sites for hydroxylation is 3. The molecule has 0 fully saturated rings. The minimum absolute atomic E-state index is 0.0170. The number of hydrogen-bond acceptors (Lipinski definition) is 4. The molecule has 0 spiro atoms. The van der Waals surface area contributed by atoms with Crippen molar-refractivity contribution in [1.29, 1.82) is 0 Å². The summed E-state index contributed by atoms with van der Waals surface area (Å²) in [5.74, 6) is 1.26. The maximum Gasteiger partial charge on any atom is 0.258 e. The molecule has 22 heavy (non-hydrogen) atoms. The Morgan fingerprint density at radius 3 is 2.73 bits per heavy atom. The number of benzene rings is 1. The fourth-order valence-electron chi connectivity index (χ4n) is 2.16. The first-order valence-corrected chi connectivity index (χ1v) is 7.34. The number of nitrogens with zero attached hydrogens (tertiary/aromatic N) is 3. The Bertz CT molecular complexity index is 651. The predicted molar refractivity (Wildman–Crippen MR) is 83.6 cm³/mol. The zero-order valence-corrected chi connectivity index (χ0v) is 13.5. The molecule has 0 aliphatic rings. The summed E-state index contributed by atoms with van der Waals surface area (Å²) < 4.78 is 7.21. The lowest BCUT2D eigenvalue weighted by Crippen LogP contribution is -2.33. The van der Waals surface area contributed by atoms with Crippen LogP contribution in [-0.4, -0.2) is 27.3 Å². The van der Waals surface area contributed by atoms with Crippen molar-refractivity contribution >= 4 is 5.91 Å². The van der Waals surface area contributed by atoms with E-state index < -0.39 is 0 Å². The number of amides is 1. The van der Waals surface area contributed by atoms with Crippen LogP contribution in [0.25, 0.3) is 0 Å². The van der Waals surface area contributed by atoms with Gasteiger partial charge in [0.15, 0.2) is 6.61 Å². The normalized spacial score (nSPS) is 12.0. The Hall–Kier alpha value is -2.37. The van der Waals surface area contributed by atoms with Crippen molar-refractivity contribution in [3.63, 3.8) is 0 Å². The van der Waals surface area contributed by atoms with Gasteiger partial charge in [0.1, 0.15) is 17.9 Å². The second-order valence-corrected chi connectivity index (χ2v) is 5.30. The topological polar surface area (TPSA) is 69.0 Å². The number of ether oxygens (including phenoxy) is 1. The molecule has 0 aliphatic heterocycles. The molecule has 0 radical (unpaired) electrons. The lowest BCUT2D eigenvalue weighted by molar-refractivity contribution is -0.124. The molecular weight excluding hydrogens is 280 g/mol. The van der Waals surface area contributed by atoms with Crippen molar-refractivity contribution in [2.75, 3.05) is 6.61 Å². The molecule has 1 aromatic carbocycles. The first kappa shape index (κ1) is 16.0. The molecule has 1 heterocycles. The molecule has 2 aromatic rings. The number of hydrogen-bond donors (Lipinski definition) is 1. The summed E-state index contributed by atoms with van der Waals surface area (Å²) in [6.45, 7) is 6.03. The van der Waals surface area contributed by atoms with Crippen molar-refractivity contribution in [2.45, 2.75) is 33.2 Å². The first-order valence-electron chi connectivity index (χ1n) is 7.34. The zero-order chi connectivity index (χ0) is 16.1. The highest BCUT2D eigenvalue weighted by Crippen LogP contribution is 2.16. The van der Waals surface area contributed by atoms with E-state index in [9.17, 15) is 4.79 Å². The number of carbonyl (C=O) groups is 1. The van der Waals surface area contributed by atoms with E-state index in [0.29, 0.717) is 5.75 Å². The van der Waals surface area contributed by atoms with E-state index in [1.165, 1.54) is 11.9 Å². The second kappa shape index (κ2) is 7.06. The van der Waals surface area contributed by atoms with Gasteiger partial charge in [-0.05, 0) is 43.5 Å². The third kappa shape index (κ3) is 3.84. The quantitative estimate of drug-likeness (QED) is 0.887. The Morgan fingerprint density at radius 2 is 2.14 bits per heavy atom. The van der Waals surface area contributed by atoms with Crippen LogP contribution in [0.2, 0.25) is 0 Å². The lowest BCUT2D eigenvalue weighted by atomic mass is 10.1. The lowest BCUT2D eigenvalue weighted by Gasteiger charge is -2.16. The van der Waals surface area contributed by atoms with Gasteiger partial charge in [-0.2, -0.15) is 5.10 Å². The maximum atomic E-state index is 12.1. The highest BCUT2D eigenvalue weighted by molar-refractivity contribution is 5.77. The van der Waals surface area contributed by atoms with Crippen LogP contribution in [0, 0.1) is 13.8 Å². The summed E-state index contributed by atoms with van der Waals surface area (Å²) in [5.41, 5.74) is 2.34. The molecule has 2 rings (SSSR count). The van der Waals surface area contributed by atoms with Gasteiger partial charge in [0.05, 0.1) is 6.04 Å². The molecule has 0 saturated heterocycles. The van der Waals surface area contributed by atoms with Crippen LogP contribution >= 0.6 is 0 Å². The van der Waals surface area contributed by atoms with Gasteiger partial charge in [-0.15, -0.1) is 0 Å². The van der Waals surface area contributed by atoms with Crippen LogP contribution in [0.3, 0.4) is 0 Å². The Kier molecular flexibility index (Phi) is 5.14. The van der Waals surface area contributed by atoms with Gasteiger partial charge in [0, 0.05) is 7.05 Å². The van der Waals surface area contributed by atoms with Crippen molar-refractivity contribution in [1.82, 2.24) is 20.1 Å². The molecule has 6 nitrogen and oxygen atoms in total. The SMILES string of the molecule is CC[C@@H](NC(=O)COc1ccc(C)c(C)c1)c1ncnn1C. The maximum absolute atomic E-state index is 12.1. The fourth-order valence-corrected chi connectivity index (χ4v) is 2.16. The summed E-state index contributed by atoms with van der Waals surface area (Å²) in [6, 6.07) is 5.62. The monoisotopic (exact) mass is 302 g/mol. The standard InChI is InChI=1S/C16H22N4O2/c1-5-14(16-17-10-18-20(16)4)19-15(21)9-22-13-7-6-11(2)12(3)8-13/h6-8,10,14H,5,9H2,1-4H3,(H,19,21)/t14-/m1/s1. The average molecular weight is 302 g/mol. The van der Waals surface area contributed by atoms with Gasteiger partial charge in [0.25, 0.3) is 5.91 Å². The fraction of sp³-hybridized carbons (Fsp3) is 0.438. The number of carbonyl (C=O) groups excluding carboxylic acids is 1. The van der Waals surface area contributed by atoms with E-state index in [0.717, 1.165) is 17.8 Å². The molecule has 1 aromatic heterocycles. The summed E-state index contributed by atoms with van der Waals surface area (Å²) in [4.78, 5) is 16.2. The van der Waals surface area contributed by atoms with Crippen LogP contribution < -0.4 is 10.1 Å². The third-order valence-corrected chi connectivity index (χ3v) is 3.65. The largest absolute Gasteiger partial charge is 0.484 e. The van der Waals surface area contributed by atoms with Gasteiger partial charge in [-0.1, -0.05) is 13.0 Å². The number of nitrogens with one attached hydrogen (secondary N) is 1. The highest BCUT2D eigenvalue weighted by Gasteiger charge is 2.17. The van der Waals surface area contributed by atoms with Crippen molar-refractivity contribution < 1.29 is 9.53 Å². The van der Waals surface area contributed by atoms with Gasteiger partial charge in [0.2, 0.25) is 0 Å². The van der Waals surface area contributed by atoms with Crippen molar-refractivity contribution in [3.8, 4) is 5.75 Å². The summed E-state index contributed by atoms with van der Waals surface area (Å²) in [5, 5.41) is 6.95. The molecule has 1 amide bonds. The summed E-state index contributed by atoms with van der Waals surface area (Å²) in [7, 11) is 1.81. The van der Waals surface area contributed by atoms with Gasteiger partial charge >= 0.3 is 0 Å². The Morgan fingerprint density at radius 1 is 1.36 bits per heavy atom. The molecule has 6 heteroatoms. The predicted octanol–water partition coefficient (Wildman–Crippen LogP) is 2.08.